The summed E-state index contributed by atoms with van der Waals surface area (Å²) < 4.78 is 19.2. The molecule has 0 aliphatic rings. The molecule has 4 heteroatoms. The van der Waals surface area contributed by atoms with E-state index in [1.165, 1.54) is 12.1 Å². The fourth-order valence-corrected chi connectivity index (χ4v) is 2.05. The lowest BCUT2D eigenvalue weighted by molar-refractivity contribution is 0.299. The number of hydrogen-bond donors (Lipinski definition) is 1. The first-order valence-corrected chi connectivity index (χ1v) is 6.75. The molecule has 1 unspecified atom stereocenters. The Hall–Kier alpha value is -1.94. The molecular weight excluding hydrogens is 255 g/mol. The van der Waals surface area contributed by atoms with Crippen LogP contribution in [0.3, 0.4) is 0 Å². The van der Waals surface area contributed by atoms with Gasteiger partial charge in [0.05, 0.1) is 0 Å². The molecule has 1 N–H and O–H groups in total. The molecule has 0 bridgehead atoms. The summed E-state index contributed by atoms with van der Waals surface area (Å²) in [7, 11) is 0. The number of hydrogen-bond acceptors (Lipinski definition) is 3. The Morgan fingerprint density at radius 3 is 2.70 bits per heavy atom. The maximum absolute atomic E-state index is 13.4. The topological polar surface area (TPSA) is 34.1 Å². The molecule has 0 spiro atoms. The Balaban J connectivity index is 2.14. The van der Waals surface area contributed by atoms with Crippen molar-refractivity contribution in [2.75, 3.05) is 6.54 Å². The van der Waals surface area contributed by atoms with Crippen LogP contribution in [0.15, 0.2) is 42.7 Å². The van der Waals surface area contributed by atoms with Gasteiger partial charge < -0.3 is 10.1 Å². The van der Waals surface area contributed by atoms with Crippen LogP contribution in [-0.4, -0.2) is 11.5 Å². The minimum Gasteiger partial charge on any atom is -0.489 e. The minimum absolute atomic E-state index is 0.0446. The van der Waals surface area contributed by atoms with Crippen molar-refractivity contribution in [3.05, 3.63) is 59.7 Å². The molecule has 20 heavy (non-hydrogen) atoms. The lowest BCUT2D eigenvalue weighted by atomic mass is 10.1. The van der Waals surface area contributed by atoms with Crippen molar-refractivity contribution in [3.63, 3.8) is 0 Å². The molecule has 0 radical (unpaired) electrons. The van der Waals surface area contributed by atoms with Gasteiger partial charge in [-0.2, -0.15) is 0 Å². The van der Waals surface area contributed by atoms with Crippen LogP contribution in [0.25, 0.3) is 0 Å². The van der Waals surface area contributed by atoms with Gasteiger partial charge in [0.25, 0.3) is 0 Å². The molecule has 1 aromatic carbocycles. The second-order valence-electron chi connectivity index (χ2n) is 4.61. The second-order valence-corrected chi connectivity index (χ2v) is 4.61. The summed E-state index contributed by atoms with van der Waals surface area (Å²) >= 11 is 0. The highest BCUT2D eigenvalue weighted by atomic mass is 19.1. The number of ether oxygens (including phenoxy) is 1. The van der Waals surface area contributed by atoms with Gasteiger partial charge in [-0.05, 0) is 49.4 Å². The summed E-state index contributed by atoms with van der Waals surface area (Å²) in [6.07, 6.45) is 3.46. The van der Waals surface area contributed by atoms with Gasteiger partial charge in [-0.1, -0.05) is 6.92 Å². The van der Waals surface area contributed by atoms with Crippen molar-refractivity contribution in [1.29, 1.82) is 0 Å². The first-order valence-electron chi connectivity index (χ1n) is 6.75. The molecule has 2 aromatic rings. The van der Waals surface area contributed by atoms with Crippen molar-refractivity contribution in [2.45, 2.75) is 26.5 Å². The highest BCUT2D eigenvalue weighted by molar-refractivity contribution is 5.36. The lowest BCUT2D eigenvalue weighted by Gasteiger charge is -2.18. The number of nitrogens with one attached hydrogen (secondary N) is 1. The van der Waals surface area contributed by atoms with Crippen LogP contribution in [0.1, 0.15) is 31.0 Å². The molecule has 0 fully saturated rings. The summed E-state index contributed by atoms with van der Waals surface area (Å²) in [6.45, 7) is 5.28. The zero-order chi connectivity index (χ0) is 14.4. The Morgan fingerprint density at radius 2 is 2.00 bits per heavy atom. The molecule has 2 rings (SSSR count). The van der Waals surface area contributed by atoms with E-state index in [0.29, 0.717) is 12.4 Å². The molecule has 3 nitrogen and oxygen atoms in total. The largest absolute Gasteiger partial charge is 0.489 e. The fourth-order valence-electron chi connectivity index (χ4n) is 2.05. The van der Waals surface area contributed by atoms with Gasteiger partial charge in [0.1, 0.15) is 18.2 Å². The van der Waals surface area contributed by atoms with Gasteiger partial charge in [-0.25, -0.2) is 4.39 Å². The molecule has 0 aliphatic carbocycles. The van der Waals surface area contributed by atoms with Crippen molar-refractivity contribution >= 4 is 0 Å². The van der Waals surface area contributed by atoms with Crippen LogP contribution < -0.4 is 10.1 Å². The maximum atomic E-state index is 13.4. The number of rotatable bonds is 6. The van der Waals surface area contributed by atoms with Crippen molar-refractivity contribution in [1.82, 2.24) is 10.3 Å². The van der Waals surface area contributed by atoms with Crippen molar-refractivity contribution in [3.8, 4) is 5.75 Å². The third-order valence-electron chi connectivity index (χ3n) is 3.09. The van der Waals surface area contributed by atoms with E-state index in [9.17, 15) is 4.39 Å². The lowest BCUT2D eigenvalue weighted by Crippen LogP contribution is -2.18. The van der Waals surface area contributed by atoms with Gasteiger partial charge in [-0.15, -0.1) is 0 Å². The second kappa shape index (κ2) is 7.01. The number of nitrogens with zero attached hydrogens (tertiary/aromatic N) is 1. The zero-order valence-electron chi connectivity index (χ0n) is 11.8. The number of aromatic nitrogens is 1. The molecule has 0 saturated heterocycles. The Kier molecular flexibility index (Phi) is 5.07. The number of pyridine rings is 1. The SMILES string of the molecule is CCNC(C)c1cc(F)ccc1OCc1ccncc1. The molecule has 1 heterocycles. The highest BCUT2D eigenvalue weighted by Crippen LogP contribution is 2.26. The Morgan fingerprint density at radius 1 is 1.25 bits per heavy atom. The van der Waals surface area contributed by atoms with E-state index >= 15 is 0 Å². The van der Waals surface area contributed by atoms with E-state index in [1.54, 1.807) is 18.5 Å². The summed E-state index contributed by atoms with van der Waals surface area (Å²) in [4.78, 5) is 3.97. The van der Waals surface area contributed by atoms with Crippen LogP contribution in [0.5, 0.6) is 5.75 Å². The van der Waals surface area contributed by atoms with Gasteiger partial charge in [-0.3, -0.25) is 4.98 Å². The van der Waals surface area contributed by atoms with E-state index in [1.807, 2.05) is 26.0 Å². The van der Waals surface area contributed by atoms with Crippen LogP contribution in [0, 0.1) is 5.82 Å². The molecule has 1 atom stereocenters. The van der Waals surface area contributed by atoms with Crippen LogP contribution in [-0.2, 0) is 6.61 Å². The zero-order valence-corrected chi connectivity index (χ0v) is 11.8. The molecule has 0 aliphatic heterocycles. The molecule has 0 saturated carbocycles. The normalized spacial score (nSPS) is 12.2. The van der Waals surface area contributed by atoms with Gasteiger partial charge in [0, 0.05) is 24.0 Å². The predicted octanol–water partition coefficient (Wildman–Crippen LogP) is 3.47. The number of benzene rings is 1. The van der Waals surface area contributed by atoms with Crippen LogP contribution in [0.2, 0.25) is 0 Å². The molecule has 106 valence electrons. The van der Waals surface area contributed by atoms with E-state index in [-0.39, 0.29) is 11.9 Å². The standard InChI is InChI=1S/C16H19FN2O/c1-3-19-12(2)15-10-14(17)4-5-16(15)20-11-13-6-8-18-9-7-13/h4-10,12,19H,3,11H2,1-2H3. The van der Waals surface area contributed by atoms with Crippen molar-refractivity contribution < 1.29 is 9.13 Å². The first kappa shape index (κ1) is 14.5. The molecular formula is C16H19FN2O. The van der Waals surface area contributed by atoms with E-state index in [2.05, 4.69) is 10.3 Å². The van der Waals surface area contributed by atoms with Crippen LogP contribution >= 0.6 is 0 Å². The monoisotopic (exact) mass is 274 g/mol. The van der Waals surface area contributed by atoms with Gasteiger partial charge in [0.2, 0.25) is 0 Å². The maximum Gasteiger partial charge on any atom is 0.124 e. The van der Waals surface area contributed by atoms with E-state index < -0.39 is 0 Å². The quantitative estimate of drug-likeness (QED) is 0.875. The Labute approximate surface area is 118 Å². The third kappa shape index (κ3) is 3.78. The smallest absolute Gasteiger partial charge is 0.124 e. The summed E-state index contributed by atoms with van der Waals surface area (Å²) in [5, 5.41) is 3.27. The third-order valence-corrected chi connectivity index (χ3v) is 3.09. The molecule has 0 amide bonds. The average molecular weight is 274 g/mol. The molecule has 1 aromatic heterocycles. The van der Waals surface area contributed by atoms with Crippen molar-refractivity contribution in [2.24, 2.45) is 0 Å². The summed E-state index contributed by atoms with van der Waals surface area (Å²) in [5.41, 5.74) is 1.87. The van der Waals surface area contributed by atoms with E-state index in [0.717, 1.165) is 17.7 Å². The average Bonchev–Trinajstić information content (AvgIpc) is 2.47. The van der Waals surface area contributed by atoms with E-state index in [4.69, 9.17) is 4.74 Å². The van der Waals surface area contributed by atoms with Gasteiger partial charge in [0.15, 0.2) is 0 Å². The fraction of sp³-hybridized carbons (Fsp3) is 0.312. The highest BCUT2D eigenvalue weighted by Gasteiger charge is 2.12. The predicted molar refractivity (Wildman–Crippen MR) is 77.1 cm³/mol. The van der Waals surface area contributed by atoms with Crippen LogP contribution in [0.4, 0.5) is 4.39 Å². The number of halogens is 1. The van der Waals surface area contributed by atoms with Gasteiger partial charge >= 0.3 is 0 Å². The first-order chi connectivity index (χ1) is 9.70. The minimum atomic E-state index is -0.249. The summed E-state index contributed by atoms with van der Waals surface area (Å²) in [5.74, 6) is 0.456. The Bertz CT molecular complexity index is 545. The summed E-state index contributed by atoms with van der Waals surface area (Å²) in [6, 6.07) is 8.47.